The van der Waals surface area contributed by atoms with Crippen molar-refractivity contribution in [3.63, 3.8) is 0 Å². The third-order valence-corrected chi connectivity index (χ3v) is 3.16. The van der Waals surface area contributed by atoms with E-state index < -0.39 is 0 Å². The number of nitrogens with one attached hydrogen (secondary N) is 2. The lowest BCUT2D eigenvalue weighted by Gasteiger charge is -2.17. The number of benzene rings is 1. The molecule has 0 radical (unpaired) electrons. The van der Waals surface area contributed by atoms with Crippen LogP contribution < -0.4 is 10.6 Å². The van der Waals surface area contributed by atoms with E-state index in [1.165, 1.54) is 16.7 Å². The van der Waals surface area contributed by atoms with Gasteiger partial charge in [0.15, 0.2) is 5.96 Å². The molecule has 0 aromatic heterocycles. The normalized spacial score (nSPS) is 13.3. The Labute approximate surface area is 111 Å². The monoisotopic (exact) mass is 247 g/mol. The molecule has 100 valence electrons. The molecule has 0 aliphatic carbocycles. The van der Waals surface area contributed by atoms with E-state index in [4.69, 9.17) is 0 Å². The molecular formula is C15H25N3. The van der Waals surface area contributed by atoms with Crippen molar-refractivity contribution in [1.82, 2.24) is 10.6 Å². The van der Waals surface area contributed by atoms with E-state index >= 15 is 0 Å². The lowest BCUT2D eigenvalue weighted by Crippen LogP contribution is -2.41. The molecule has 1 aromatic rings. The standard InChI is InChI=1S/C15H25N3/c1-6-13(4)18-15(16-5)17-10-14-8-7-11(2)9-12(14)3/h7-9,13H,6,10H2,1-5H3,(H2,16,17,18). The highest BCUT2D eigenvalue weighted by atomic mass is 15.2. The fourth-order valence-corrected chi connectivity index (χ4v) is 1.75. The van der Waals surface area contributed by atoms with Gasteiger partial charge in [-0.15, -0.1) is 0 Å². The summed E-state index contributed by atoms with van der Waals surface area (Å²) in [5.74, 6) is 0.865. The smallest absolute Gasteiger partial charge is 0.191 e. The number of nitrogens with zero attached hydrogens (tertiary/aromatic N) is 1. The first-order valence-corrected chi connectivity index (χ1v) is 6.60. The average Bonchev–Trinajstić information content (AvgIpc) is 2.35. The van der Waals surface area contributed by atoms with Gasteiger partial charge in [-0.2, -0.15) is 0 Å². The molecule has 1 unspecified atom stereocenters. The molecule has 18 heavy (non-hydrogen) atoms. The van der Waals surface area contributed by atoms with Crippen LogP contribution in [0.15, 0.2) is 23.2 Å². The highest BCUT2D eigenvalue weighted by Crippen LogP contribution is 2.09. The van der Waals surface area contributed by atoms with Crippen LogP contribution in [0.25, 0.3) is 0 Å². The number of aliphatic imine (C=N–C) groups is 1. The van der Waals surface area contributed by atoms with Crippen molar-refractivity contribution in [3.05, 3.63) is 34.9 Å². The second kappa shape index (κ2) is 7.04. The SMILES string of the molecule is CCC(C)NC(=NC)NCc1ccc(C)cc1C. The van der Waals surface area contributed by atoms with Gasteiger partial charge in [0.1, 0.15) is 0 Å². The molecule has 1 atom stereocenters. The maximum absolute atomic E-state index is 4.23. The Kier molecular flexibility index (Phi) is 5.69. The van der Waals surface area contributed by atoms with E-state index in [-0.39, 0.29) is 0 Å². The molecule has 3 heteroatoms. The Morgan fingerprint density at radius 1 is 1.33 bits per heavy atom. The summed E-state index contributed by atoms with van der Waals surface area (Å²) in [7, 11) is 1.81. The van der Waals surface area contributed by atoms with Crippen molar-refractivity contribution in [2.45, 2.75) is 46.7 Å². The van der Waals surface area contributed by atoms with Gasteiger partial charge in [-0.1, -0.05) is 30.7 Å². The minimum absolute atomic E-state index is 0.440. The molecule has 0 saturated carbocycles. The molecule has 0 fully saturated rings. The van der Waals surface area contributed by atoms with Crippen molar-refractivity contribution in [1.29, 1.82) is 0 Å². The predicted molar refractivity (Wildman–Crippen MR) is 79.0 cm³/mol. The Balaban J connectivity index is 2.58. The molecule has 0 heterocycles. The lowest BCUT2D eigenvalue weighted by atomic mass is 10.1. The van der Waals surface area contributed by atoms with E-state index in [9.17, 15) is 0 Å². The summed E-state index contributed by atoms with van der Waals surface area (Å²) in [6.07, 6.45) is 1.09. The van der Waals surface area contributed by atoms with Gasteiger partial charge in [-0.3, -0.25) is 4.99 Å². The molecule has 0 bridgehead atoms. The summed E-state index contributed by atoms with van der Waals surface area (Å²) in [5, 5.41) is 6.71. The first-order valence-electron chi connectivity index (χ1n) is 6.60. The van der Waals surface area contributed by atoms with Gasteiger partial charge < -0.3 is 10.6 Å². The molecule has 3 nitrogen and oxygen atoms in total. The van der Waals surface area contributed by atoms with E-state index in [1.54, 1.807) is 7.05 Å². The van der Waals surface area contributed by atoms with Gasteiger partial charge in [0, 0.05) is 19.6 Å². The lowest BCUT2D eigenvalue weighted by molar-refractivity contribution is 0.624. The van der Waals surface area contributed by atoms with Gasteiger partial charge in [-0.25, -0.2) is 0 Å². The number of aryl methyl sites for hydroxylation is 2. The average molecular weight is 247 g/mol. The maximum Gasteiger partial charge on any atom is 0.191 e. The minimum Gasteiger partial charge on any atom is -0.354 e. The summed E-state index contributed by atoms with van der Waals surface area (Å²) in [6, 6.07) is 6.97. The van der Waals surface area contributed by atoms with Crippen LogP contribution in [0, 0.1) is 13.8 Å². The van der Waals surface area contributed by atoms with Crippen LogP contribution in [0.3, 0.4) is 0 Å². The largest absolute Gasteiger partial charge is 0.354 e. The van der Waals surface area contributed by atoms with Gasteiger partial charge in [0.2, 0.25) is 0 Å². The third kappa shape index (κ3) is 4.40. The molecule has 2 N–H and O–H groups in total. The zero-order chi connectivity index (χ0) is 13.5. The van der Waals surface area contributed by atoms with Crippen molar-refractivity contribution in [2.75, 3.05) is 7.05 Å². The van der Waals surface area contributed by atoms with Crippen LogP contribution in [0.4, 0.5) is 0 Å². The van der Waals surface area contributed by atoms with E-state index in [0.29, 0.717) is 6.04 Å². The molecule has 1 aromatic carbocycles. The second-order valence-electron chi connectivity index (χ2n) is 4.81. The first kappa shape index (κ1) is 14.6. The summed E-state index contributed by atoms with van der Waals surface area (Å²) in [6.45, 7) is 9.39. The summed E-state index contributed by atoms with van der Waals surface area (Å²) in [4.78, 5) is 4.23. The van der Waals surface area contributed by atoms with Crippen LogP contribution in [0.1, 0.15) is 37.0 Å². The Morgan fingerprint density at radius 2 is 2.06 bits per heavy atom. The summed E-state index contributed by atoms with van der Waals surface area (Å²) < 4.78 is 0. The van der Waals surface area contributed by atoms with E-state index in [1.807, 2.05) is 0 Å². The Bertz CT molecular complexity index is 410. The highest BCUT2D eigenvalue weighted by Gasteiger charge is 2.03. The molecule has 1 rings (SSSR count). The van der Waals surface area contributed by atoms with Crippen LogP contribution in [-0.2, 0) is 6.54 Å². The van der Waals surface area contributed by atoms with Crippen LogP contribution in [-0.4, -0.2) is 19.0 Å². The maximum atomic E-state index is 4.23. The molecule has 0 amide bonds. The summed E-state index contributed by atoms with van der Waals surface area (Å²) >= 11 is 0. The molecule has 0 aliphatic heterocycles. The molecular weight excluding hydrogens is 222 g/mol. The topological polar surface area (TPSA) is 36.4 Å². The van der Waals surface area contributed by atoms with E-state index in [0.717, 1.165) is 18.9 Å². The van der Waals surface area contributed by atoms with Crippen molar-refractivity contribution in [3.8, 4) is 0 Å². The summed E-state index contributed by atoms with van der Waals surface area (Å²) in [5.41, 5.74) is 3.94. The molecule has 0 saturated heterocycles. The zero-order valence-corrected chi connectivity index (χ0v) is 12.2. The number of guanidine groups is 1. The zero-order valence-electron chi connectivity index (χ0n) is 12.2. The van der Waals surface area contributed by atoms with E-state index in [2.05, 4.69) is 61.5 Å². The highest BCUT2D eigenvalue weighted by molar-refractivity contribution is 5.79. The second-order valence-corrected chi connectivity index (χ2v) is 4.81. The Hall–Kier alpha value is -1.51. The van der Waals surface area contributed by atoms with Gasteiger partial charge in [0.25, 0.3) is 0 Å². The van der Waals surface area contributed by atoms with Gasteiger partial charge >= 0.3 is 0 Å². The number of hydrogen-bond donors (Lipinski definition) is 2. The quantitative estimate of drug-likeness (QED) is 0.634. The van der Waals surface area contributed by atoms with Crippen LogP contribution in [0.2, 0.25) is 0 Å². The van der Waals surface area contributed by atoms with Crippen LogP contribution in [0.5, 0.6) is 0 Å². The third-order valence-electron chi connectivity index (χ3n) is 3.16. The fourth-order valence-electron chi connectivity index (χ4n) is 1.75. The number of hydrogen-bond acceptors (Lipinski definition) is 1. The minimum atomic E-state index is 0.440. The number of rotatable bonds is 4. The van der Waals surface area contributed by atoms with Crippen LogP contribution >= 0.6 is 0 Å². The fraction of sp³-hybridized carbons (Fsp3) is 0.533. The molecule has 0 spiro atoms. The van der Waals surface area contributed by atoms with Gasteiger partial charge in [-0.05, 0) is 38.3 Å². The molecule has 0 aliphatic rings. The Morgan fingerprint density at radius 3 is 2.61 bits per heavy atom. The first-order chi connectivity index (χ1) is 8.56. The van der Waals surface area contributed by atoms with Crippen molar-refractivity contribution >= 4 is 5.96 Å². The van der Waals surface area contributed by atoms with Gasteiger partial charge in [0.05, 0.1) is 0 Å². The van der Waals surface area contributed by atoms with Crippen molar-refractivity contribution in [2.24, 2.45) is 4.99 Å². The predicted octanol–water partition coefficient (Wildman–Crippen LogP) is 2.77. The van der Waals surface area contributed by atoms with Crippen molar-refractivity contribution < 1.29 is 0 Å².